The van der Waals surface area contributed by atoms with E-state index < -0.39 is 0 Å². The van der Waals surface area contributed by atoms with E-state index in [2.05, 4.69) is 50.1 Å². The van der Waals surface area contributed by atoms with Gasteiger partial charge in [0.1, 0.15) is 12.1 Å². The van der Waals surface area contributed by atoms with Crippen LogP contribution in [0.2, 0.25) is 0 Å². The molecule has 1 aromatic heterocycles. The average Bonchev–Trinajstić information content (AvgIpc) is 3.04. The maximum absolute atomic E-state index is 4.57. The van der Waals surface area contributed by atoms with Crippen molar-refractivity contribution in [2.24, 2.45) is 0 Å². The number of piperazine rings is 1. The molecule has 0 unspecified atom stereocenters. The number of benzene rings is 1. The van der Waals surface area contributed by atoms with Gasteiger partial charge in [-0.3, -0.25) is 0 Å². The number of rotatable bonds is 2. The summed E-state index contributed by atoms with van der Waals surface area (Å²) in [6.45, 7) is 4.20. The Balaban J connectivity index is 1.50. The summed E-state index contributed by atoms with van der Waals surface area (Å²) in [5.74, 6) is 1.19. The molecule has 0 atom stereocenters. The van der Waals surface area contributed by atoms with Crippen molar-refractivity contribution in [2.75, 3.05) is 36.0 Å². The van der Waals surface area contributed by atoms with Crippen LogP contribution in [0.15, 0.2) is 36.7 Å². The van der Waals surface area contributed by atoms with Gasteiger partial charge in [0.25, 0.3) is 0 Å². The predicted octanol–water partition coefficient (Wildman–Crippen LogP) is 2.29. The van der Waals surface area contributed by atoms with Gasteiger partial charge in [-0.05, 0) is 31.4 Å². The lowest BCUT2D eigenvalue weighted by Gasteiger charge is -2.37. The van der Waals surface area contributed by atoms with Gasteiger partial charge in [0, 0.05) is 43.1 Å². The van der Waals surface area contributed by atoms with Gasteiger partial charge in [0.2, 0.25) is 0 Å². The zero-order chi connectivity index (χ0) is 14.1. The third-order valence-electron chi connectivity index (χ3n) is 4.55. The number of hydrogen-bond acceptors (Lipinski definition) is 4. The molecule has 21 heavy (non-hydrogen) atoms. The SMILES string of the molecule is c1ccc(N2CCN(c3ncnc4c3CCC4)CC2)cc1. The summed E-state index contributed by atoms with van der Waals surface area (Å²) in [6, 6.07) is 10.7. The molecule has 2 heterocycles. The summed E-state index contributed by atoms with van der Waals surface area (Å²) in [6.07, 6.45) is 5.23. The van der Waals surface area contributed by atoms with Crippen LogP contribution < -0.4 is 9.80 Å². The van der Waals surface area contributed by atoms with Crippen LogP contribution in [0.25, 0.3) is 0 Å². The average molecular weight is 280 g/mol. The molecule has 1 aliphatic heterocycles. The number of para-hydroxylation sites is 1. The molecule has 1 saturated heterocycles. The highest BCUT2D eigenvalue weighted by Gasteiger charge is 2.24. The predicted molar refractivity (Wildman–Crippen MR) is 84.9 cm³/mol. The van der Waals surface area contributed by atoms with Crippen molar-refractivity contribution < 1.29 is 0 Å². The molecule has 0 N–H and O–H groups in total. The zero-order valence-corrected chi connectivity index (χ0v) is 12.2. The molecule has 108 valence electrons. The quantitative estimate of drug-likeness (QED) is 0.845. The fourth-order valence-electron chi connectivity index (χ4n) is 3.43. The smallest absolute Gasteiger partial charge is 0.135 e. The van der Waals surface area contributed by atoms with Crippen LogP contribution in [0.3, 0.4) is 0 Å². The summed E-state index contributed by atoms with van der Waals surface area (Å²) in [7, 11) is 0. The first-order valence-electron chi connectivity index (χ1n) is 7.79. The van der Waals surface area contributed by atoms with Crippen LogP contribution in [0.5, 0.6) is 0 Å². The molecule has 2 aliphatic rings. The molecule has 0 bridgehead atoms. The molecule has 4 rings (SSSR count). The molecule has 2 aromatic rings. The molecule has 0 saturated carbocycles. The van der Waals surface area contributed by atoms with E-state index in [1.807, 2.05) is 0 Å². The van der Waals surface area contributed by atoms with Gasteiger partial charge in [-0.25, -0.2) is 9.97 Å². The van der Waals surface area contributed by atoms with Crippen molar-refractivity contribution in [1.82, 2.24) is 9.97 Å². The first kappa shape index (κ1) is 12.6. The monoisotopic (exact) mass is 280 g/mol. The van der Waals surface area contributed by atoms with Crippen LogP contribution >= 0.6 is 0 Å². The third kappa shape index (κ3) is 2.35. The highest BCUT2D eigenvalue weighted by atomic mass is 15.3. The number of aryl methyl sites for hydroxylation is 1. The Morgan fingerprint density at radius 3 is 2.38 bits per heavy atom. The van der Waals surface area contributed by atoms with Crippen LogP contribution in [-0.4, -0.2) is 36.1 Å². The maximum Gasteiger partial charge on any atom is 0.135 e. The molecule has 1 aromatic carbocycles. The first-order valence-corrected chi connectivity index (χ1v) is 7.79. The van der Waals surface area contributed by atoms with Crippen molar-refractivity contribution in [3.05, 3.63) is 47.9 Å². The van der Waals surface area contributed by atoms with E-state index in [-0.39, 0.29) is 0 Å². The van der Waals surface area contributed by atoms with E-state index in [9.17, 15) is 0 Å². The zero-order valence-electron chi connectivity index (χ0n) is 12.2. The van der Waals surface area contributed by atoms with Gasteiger partial charge in [-0.2, -0.15) is 0 Å². The topological polar surface area (TPSA) is 32.3 Å². The number of aromatic nitrogens is 2. The lowest BCUT2D eigenvalue weighted by atomic mass is 10.2. The number of fused-ring (bicyclic) bond motifs is 1. The van der Waals surface area contributed by atoms with Crippen molar-refractivity contribution in [2.45, 2.75) is 19.3 Å². The molecule has 4 heteroatoms. The Morgan fingerprint density at radius 1 is 0.810 bits per heavy atom. The molecule has 1 fully saturated rings. The normalized spacial score (nSPS) is 17.9. The van der Waals surface area contributed by atoms with Gasteiger partial charge in [0.15, 0.2) is 0 Å². The van der Waals surface area contributed by atoms with Gasteiger partial charge >= 0.3 is 0 Å². The van der Waals surface area contributed by atoms with Crippen molar-refractivity contribution in [1.29, 1.82) is 0 Å². The van der Waals surface area contributed by atoms with E-state index in [1.54, 1.807) is 6.33 Å². The van der Waals surface area contributed by atoms with Crippen LogP contribution in [-0.2, 0) is 12.8 Å². The molecule has 1 aliphatic carbocycles. The molecular weight excluding hydrogens is 260 g/mol. The maximum atomic E-state index is 4.57. The standard InChI is InChI=1S/C17H20N4/c1-2-5-14(6-3-1)20-9-11-21(12-10-20)17-15-7-4-8-16(15)18-13-19-17/h1-3,5-6,13H,4,7-12H2. The van der Waals surface area contributed by atoms with Crippen molar-refractivity contribution >= 4 is 11.5 Å². The first-order chi connectivity index (χ1) is 10.4. The van der Waals surface area contributed by atoms with Gasteiger partial charge in [0.05, 0.1) is 0 Å². The minimum Gasteiger partial charge on any atom is -0.368 e. The summed E-state index contributed by atoms with van der Waals surface area (Å²) in [4.78, 5) is 13.9. The molecule has 0 radical (unpaired) electrons. The summed E-state index contributed by atoms with van der Waals surface area (Å²) >= 11 is 0. The summed E-state index contributed by atoms with van der Waals surface area (Å²) in [5, 5.41) is 0. The molecule has 4 nitrogen and oxygen atoms in total. The number of nitrogens with zero attached hydrogens (tertiary/aromatic N) is 4. The molecule has 0 amide bonds. The Bertz CT molecular complexity index is 618. The lowest BCUT2D eigenvalue weighted by Crippen LogP contribution is -2.47. The number of anilines is 2. The second kappa shape index (κ2) is 5.35. The second-order valence-electron chi connectivity index (χ2n) is 5.79. The Labute approximate surface area is 125 Å². The van der Waals surface area contributed by atoms with Crippen molar-refractivity contribution in [3.63, 3.8) is 0 Å². The Morgan fingerprint density at radius 2 is 1.57 bits per heavy atom. The van der Waals surface area contributed by atoms with Crippen LogP contribution in [0.1, 0.15) is 17.7 Å². The van der Waals surface area contributed by atoms with Crippen LogP contribution in [0.4, 0.5) is 11.5 Å². The minimum atomic E-state index is 1.04. The second-order valence-corrected chi connectivity index (χ2v) is 5.79. The van der Waals surface area contributed by atoms with E-state index in [0.29, 0.717) is 0 Å². The fourth-order valence-corrected chi connectivity index (χ4v) is 3.43. The molecule has 0 spiro atoms. The van der Waals surface area contributed by atoms with E-state index in [0.717, 1.165) is 39.0 Å². The van der Waals surface area contributed by atoms with Gasteiger partial charge < -0.3 is 9.80 Å². The van der Waals surface area contributed by atoms with Crippen LogP contribution in [0, 0.1) is 0 Å². The lowest BCUT2D eigenvalue weighted by molar-refractivity contribution is 0.644. The summed E-state index contributed by atoms with van der Waals surface area (Å²) < 4.78 is 0. The fraction of sp³-hybridized carbons (Fsp3) is 0.412. The van der Waals surface area contributed by atoms with E-state index in [1.165, 1.54) is 29.2 Å². The van der Waals surface area contributed by atoms with E-state index in [4.69, 9.17) is 0 Å². The van der Waals surface area contributed by atoms with Gasteiger partial charge in [-0.1, -0.05) is 18.2 Å². The largest absolute Gasteiger partial charge is 0.368 e. The highest BCUT2D eigenvalue weighted by molar-refractivity contribution is 5.53. The van der Waals surface area contributed by atoms with Crippen molar-refractivity contribution in [3.8, 4) is 0 Å². The highest BCUT2D eigenvalue weighted by Crippen LogP contribution is 2.28. The Kier molecular flexibility index (Phi) is 3.22. The Hall–Kier alpha value is -2.10. The van der Waals surface area contributed by atoms with E-state index >= 15 is 0 Å². The minimum absolute atomic E-state index is 1.04. The summed E-state index contributed by atoms with van der Waals surface area (Å²) in [5.41, 5.74) is 3.99. The van der Waals surface area contributed by atoms with Gasteiger partial charge in [-0.15, -0.1) is 0 Å². The molecular formula is C17H20N4. The number of hydrogen-bond donors (Lipinski definition) is 0. The third-order valence-corrected chi connectivity index (χ3v) is 4.55.